The van der Waals surface area contributed by atoms with Crippen molar-refractivity contribution in [1.29, 1.82) is 0 Å². The first kappa shape index (κ1) is 10.2. The summed E-state index contributed by atoms with van der Waals surface area (Å²) in [4.78, 5) is 11.4. The van der Waals surface area contributed by atoms with Crippen molar-refractivity contribution in [3.63, 3.8) is 0 Å². The van der Waals surface area contributed by atoms with Crippen molar-refractivity contribution >= 4 is 17.4 Å². The molecule has 0 aliphatic carbocycles. The summed E-state index contributed by atoms with van der Waals surface area (Å²) in [5.41, 5.74) is 6.01. The SMILES string of the molecule is NCCCC(=O)c1ccc(Cl)cc1. The van der Waals surface area contributed by atoms with E-state index in [0.29, 0.717) is 23.6 Å². The molecule has 0 atom stereocenters. The van der Waals surface area contributed by atoms with Crippen molar-refractivity contribution in [3.05, 3.63) is 34.9 Å². The second-order valence-electron chi connectivity index (χ2n) is 2.82. The maximum absolute atomic E-state index is 11.4. The molecule has 0 aliphatic heterocycles. The number of hydrogen-bond donors (Lipinski definition) is 1. The normalized spacial score (nSPS) is 10.0. The molecule has 0 aliphatic rings. The lowest BCUT2D eigenvalue weighted by molar-refractivity contribution is 0.0981. The van der Waals surface area contributed by atoms with Crippen LogP contribution in [-0.4, -0.2) is 12.3 Å². The number of Topliss-reactive ketones (excluding diaryl/α,β-unsaturated/α-hetero) is 1. The minimum absolute atomic E-state index is 0.127. The van der Waals surface area contributed by atoms with Crippen molar-refractivity contribution in [2.75, 3.05) is 6.54 Å². The fourth-order valence-corrected chi connectivity index (χ4v) is 1.17. The van der Waals surface area contributed by atoms with Crippen LogP contribution in [0.1, 0.15) is 23.2 Å². The number of carbonyl (C=O) groups excluding carboxylic acids is 1. The van der Waals surface area contributed by atoms with Crippen LogP contribution in [0.3, 0.4) is 0 Å². The Labute approximate surface area is 82.7 Å². The Morgan fingerprint density at radius 1 is 1.31 bits per heavy atom. The van der Waals surface area contributed by atoms with Crippen LogP contribution in [0.2, 0.25) is 5.02 Å². The molecule has 0 fully saturated rings. The number of nitrogens with two attached hydrogens (primary N) is 1. The van der Waals surface area contributed by atoms with Gasteiger partial charge >= 0.3 is 0 Å². The van der Waals surface area contributed by atoms with E-state index in [1.807, 2.05) is 0 Å². The molecular weight excluding hydrogens is 186 g/mol. The molecule has 1 aromatic rings. The van der Waals surface area contributed by atoms with Gasteiger partial charge in [0, 0.05) is 17.0 Å². The van der Waals surface area contributed by atoms with Crippen LogP contribution < -0.4 is 5.73 Å². The zero-order valence-electron chi connectivity index (χ0n) is 7.29. The van der Waals surface area contributed by atoms with Crippen LogP contribution in [-0.2, 0) is 0 Å². The monoisotopic (exact) mass is 197 g/mol. The fourth-order valence-electron chi connectivity index (χ4n) is 1.04. The second kappa shape index (κ2) is 5.00. The van der Waals surface area contributed by atoms with Crippen LogP contribution in [0, 0.1) is 0 Å². The molecule has 0 radical (unpaired) electrons. The Hall–Kier alpha value is -0.860. The molecule has 0 bridgehead atoms. The standard InChI is InChI=1S/C10H12ClNO/c11-9-5-3-8(4-6-9)10(13)2-1-7-12/h3-6H,1-2,7,12H2. The van der Waals surface area contributed by atoms with E-state index in [1.165, 1.54) is 0 Å². The van der Waals surface area contributed by atoms with Crippen LogP contribution in [0.25, 0.3) is 0 Å². The third kappa shape index (κ3) is 3.17. The maximum Gasteiger partial charge on any atom is 0.162 e. The summed E-state index contributed by atoms with van der Waals surface area (Å²) in [5, 5.41) is 0.648. The van der Waals surface area contributed by atoms with Gasteiger partial charge in [-0.15, -0.1) is 0 Å². The summed E-state index contributed by atoms with van der Waals surface area (Å²) >= 11 is 5.69. The summed E-state index contributed by atoms with van der Waals surface area (Å²) in [7, 11) is 0. The van der Waals surface area contributed by atoms with Gasteiger partial charge in [0.15, 0.2) is 5.78 Å². The molecule has 2 N–H and O–H groups in total. The lowest BCUT2D eigenvalue weighted by Crippen LogP contribution is -2.04. The van der Waals surface area contributed by atoms with Crippen LogP contribution in [0.15, 0.2) is 24.3 Å². The lowest BCUT2D eigenvalue weighted by Gasteiger charge is -1.99. The number of carbonyl (C=O) groups is 1. The molecule has 2 nitrogen and oxygen atoms in total. The van der Waals surface area contributed by atoms with Crippen LogP contribution in [0.5, 0.6) is 0 Å². The molecule has 0 spiro atoms. The molecule has 13 heavy (non-hydrogen) atoms. The number of hydrogen-bond acceptors (Lipinski definition) is 2. The summed E-state index contributed by atoms with van der Waals surface area (Å²) in [6.45, 7) is 0.555. The largest absolute Gasteiger partial charge is 0.330 e. The molecule has 0 amide bonds. The highest BCUT2D eigenvalue weighted by molar-refractivity contribution is 6.30. The Bertz CT molecular complexity index is 281. The molecule has 3 heteroatoms. The van der Waals surface area contributed by atoms with E-state index in [4.69, 9.17) is 17.3 Å². The van der Waals surface area contributed by atoms with Crippen molar-refractivity contribution in [3.8, 4) is 0 Å². The Morgan fingerprint density at radius 3 is 2.46 bits per heavy atom. The average Bonchev–Trinajstić information content (AvgIpc) is 2.15. The Balaban J connectivity index is 2.61. The number of ketones is 1. The van der Waals surface area contributed by atoms with E-state index in [-0.39, 0.29) is 5.78 Å². The molecular formula is C10H12ClNO. The summed E-state index contributed by atoms with van der Waals surface area (Å²) in [5.74, 6) is 0.127. The highest BCUT2D eigenvalue weighted by atomic mass is 35.5. The maximum atomic E-state index is 11.4. The third-order valence-corrected chi connectivity index (χ3v) is 2.03. The minimum Gasteiger partial charge on any atom is -0.330 e. The molecule has 0 unspecified atom stereocenters. The van der Waals surface area contributed by atoms with E-state index < -0.39 is 0 Å². The molecule has 0 saturated heterocycles. The number of rotatable bonds is 4. The van der Waals surface area contributed by atoms with Crippen molar-refractivity contribution in [1.82, 2.24) is 0 Å². The first-order chi connectivity index (χ1) is 6.24. The zero-order chi connectivity index (χ0) is 9.68. The van der Waals surface area contributed by atoms with Gasteiger partial charge in [-0.3, -0.25) is 4.79 Å². The highest BCUT2D eigenvalue weighted by Crippen LogP contribution is 2.11. The number of halogens is 1. The van der Waals surface area contributed by atoms with Gasteiger partial charge in [0.2, 0.25) is 0 Å². The van der Waals surface area contributed by atoms with Gasteiger partial charge in [-0.1, -0.05) is 11.6 Å². The smallest absolute Gasteiger partial charge is 0.162 e. The van der Waals surface area contributed by atoms with Crippen molar-refractivity contribution in [2.45, 2.75) is 12.8 Å². The topological polar surface area (TPSA) is 43.1 Å². The van der Waals surface area contributed by atoms with Crippen molar-refractivity contribution in [2.24, 2.45) is 5.73 Å². The van der Waals surface area contributed by atoms with Gasteiger partial charge in [-0.2, -0.15) is 0 Å². The van der Waals surface area contributed by atoms with E-state index in [2.05, 4.69) is 0 Å². The predicted molar refractivity (Wildman–Crippen MR) is 54.1 cm³/mol. The van der Waals surface area contributed by atoms with E-state index in [0.717, 1.165) is 6.42 Å². The molecule has 1 aromatic carbocycles. The predicted octanol–water partition coefficient (Wildman–Crippen LogP) is 2.26. The third-order valence-electron chi connectivity index (χ3n) is 1.77. The van der Waals surface area contributed by atoms with Gasteiger partial charge in [0.05, 0.1) is 0 Å². The van der Waals surface area contributed by atoms with E-state index in [1.54, 1.807) is 24.3 Å². The van der Waals surface area contributed by atoms with Crippen LogP contribution in [0.4, 0.5) is 0 Å². The van der Waals surface area contributed by atoms with E-state index in [9.17, 15) is 4.79 Å². The minimum atomic E-state index is 0.127. The quantitative estimate of drug-likeness (QED) is 0.753. The van der Waals surface area contributed by atoms with Gasteiger partial charge in [0.1, 0.15) is 0 Å². The summed E-state index contributed by atoms with van der Waals surface area (Å²) in [6, 6.07) is 6.91. The lowest BCUT2D eigenvalue weighted by atomic mass is 10.1. The molecule has 0 saturated carbocycles. The van der Waals surface area contributed by atoms with Gasteiger partial charge in [-0.05, 0) is 37.2 Å². The fraction of sp³-hybridized carbons (Fsp3) is 0.300. The first-order valence-corrected chi connectivity index (χ1v) is 4.60. The Morgan fingerprint density at radius 2 is 1.92 bits per heavy atom. The Kier molecular flexibility index (Phi) is 3.93. The molecule has 1 rings (SSSR count). The highest BCUT2D eigenvalue weighted by Gasteiger charge is 2.03. The summed E-state index contributed by atoms with van der Waals surface area (Å²) in [6.07, 6.45) is 1.25. The second-order valence-corrected chi connectivity index (χ2v) is 3.26. The van der Waals surface area contributed by atoms with E-state index >= 15 is 0 Å². The van der Waals surface area contributed by atoms with Gasteiger partial charge in [-0.25, -0.2) is 0 Å². The average molecular weight is 198 g/mol. The van der Waals surface area contributed by atoms with Crippen molar-refractivity contribution < 1.29 is 4.79 Å². The number of benzene rings is 1. The molecule has 70 valence electrons. The van der Waals surface area contributed by atoms with Crippen LogP contribution >= 0.6 is 11.6 Å². The first-order valence-electron chi connectivity index (χ1n) is 4.23. The molecule has 0 heterocycles. The molecule has 0 aromatic heterocycles. The van der Waals surface area contributed by atoms with Gasteiger partial charge in [0.25, 0.3) is 0 Å². The summed E-state index contributed by atoms with van der Waals surface area (Å²) < 4.78 is 0. The van der Waals surface area contributed by atoms with Gasteiger partial charge < -0.3 is 5.73 Å². The zero-order valence-corrected chi connectivity index (χ0v) is 8.05.